The second kappa shape index (κ2) is 10.9. The van der Waals surface area contributed by atoms with E-state index in [9.17, 15) is 9.59 Å². The molecule has 0 spiro atoms. The quantitative estimate of drug-likeness (QED) is 0.228. The van der Waals surface area contributed by atoms with E-state index < -0.39 is 5.91 Å². The molecule has 5 N–H and O–H groups in total. The summed E-state index contributed by atoms with van der Waals surface area (Å²) in [6, 6.07) is 8.58. The molecule has 11 nitrogen and oxygen atoms in total. The number of nitrogens with one attached hydrogen (secondary N) is 1. The summed E-state index contributed by atoms with van der Waals surface area (Å²) in [6.07, 6.45) is 0.308. The number of carbonyl (C=O) groups excluding carboxylic acids is 2. The number of fused-ring (bicyclic) bond motifs is 1. The zero-order valence-corrected chi connectivity index (χ0v) is 19.9. The van der Waals surface area contributed by atoms with Gasteiger partial charge in [0.15, 0.2) is 5.84 Å². The lowest BCUT2D eigenvalue weighted by atomic mass is 10.0. The maximum absolute atomic E-state index is 13.1. The first-order valence-electron chi connectivity index (χ1n) is 10.9. The van der Waals surface area contributed by atoms with Gasteiger partial charge < -0.3 is 25.5 Å². The average molecular weight is 470 g/mol. The molecular weight excluding hydrogens is 438 g/mol. The number of hydrazine groups is 1. The van der Waals surface area contributed by atoms with Crippen molar-refractivity contribution in [1.82, 2.24) is 14.9 Å². The Balaban J connectivity index is 1.81. The van der Waals surface area contributed by atoms with E-state index in [0.717, 1.165) is 11.1 Å². The number of carbonyl (C=O) groups is 2. The van der Waals surface area contributed by atoms with Crippen LogP contribution in [0.15, 0.2) is 35.4 Å². The molecule has 2 heterocycles. The van der Waals surface area contributed by atoms with Crippen molar-refractivity contribution in [2.75, 3.05) is 26.1 Å². The van der Waals surface area contributed by atoms with Crippen LogP contribution >= 0.6 is 0 Å². The van der Waals surface area contributed by atoms with Gasteiger partial charge in [0, 0.05) is 26.2 Å². The van der Waals surface area contributed by atoms with Crippen molar-refractivity contribution in [3.8, 4) is 5.75 Å². The molecule has 34 heavy (non-hydrogen) atoms. The minimum atomic E-state index is -0.395. The van der Waals surface area contributed by atoms with Gasteiger partial charge >= 0.3 is 0 Å². The fourth-order valence-electron chi connectivity index (χ4n) is 3.62. The van der Waals surface area contributed by atoms with E-state index in [2.05, 4.69) is 15.4 Å². The Hall–Kier alpha value is -3.70. The Morgan fingerprint density at radius 2 is 1.94 bits per heavy atom. The Labute approximate surface area is 198 Å². The SMILES string of the molecule is COCCC(=O)N1Cc2cc(OC)c(C(=O)Nc3cccc(/C(=N/N)N(N)C(C)C)n3)cc2C1. The fraction of sp³-hybridized carbons (Fsp3) is 0.391. The van der Waals surface area contributed by atoms with Crippen molar-refractivity contribution in [2.24, 2.45) is 16.8 Å². The maximum Gasteiger partial charge on any atom is 0.260 e. The topological polar surface area (TPSA) is 148 Å². The van der Waals surface area contributed by atoms with Gasteiger partial charge in [0.2, 0.25) is 5.91 Å². The number of ether oxygens (including phenoxy) is 2. The van der Waals surface area contributed by atoms with E-state index in [1.165, 1.54) is 12.1 Å². The standard InChI is InChI=1S/C23H31N7O4/c1-14(2)30(25)22(28-24)18-6-5-7-20(26-18)27-23(32)17-10-15-12-29(21(31)8-9-33-3)13-16(15)11-19(17)34-4/h5-7,10-11,14H,8-9,12-13,24-25H2,1-4H3,(H,26,27,32)/b28-22-. The number of rotatable bonds is 8. The van der Waals surface area contributed by atoms with E-state index in [1.807, 2.05) is 13.8 Å². The summed E-state index contributed by atoms with van der Waals surface area (Å²) in [5, 5.41) is 7.94. The van der Waals surface area contributed by atoms with Gasteiger partial charge in [-0.15, -0.1) is 0 Å². The normalized spacial score (nSPS) is 13.1. The van der Waals surface area contributed by atoms with Crippen molar-refractivity contribution >= 4 is 23.5 Å². The lowest BCUT2D eigenvalue weighted by Gasteiger charge is -2.23. The zero-order chi connectivity index (χ0) is 24.8. The molecule has 1 aromatic carbocycles. The molecule has 11 heteroatoms. The Morgan fingerprint density at radius 3 is 2.56 bits per heavy atom. The van der Waals surface area contributed by atoms with Gasteiger partial charge in [-0.3, -0.25) is 14.6 Å². The van der Waals surface area contributed by atoms with Crippen molar-refractivity contribution in [1.29, 1.82) is 0 Å². The third-order valence-electron chi connectivity index (χ3n) is 5.50. The van der Waals surface area contributed by atoms with Crippen molar-refractivity contribution < 1.29 is 19.1 Å². The van der Waals surface area contributed by atoms with Crippen molar-refractivity contribution in [3.63, 3.8) is 0 Å². The van der Waals surface area contributed by atoms with E-state index in [4.69, 9.17) is 21.2 Å². The molecule has 182 valence electrons. The number of pyridine rings is 1. The maximum atomic E-state index is 13.1. The number of anilines is 1. The lowest BCUT2D eigenvalue weighted by molar-refractivity contribution is -0.132. The number of aromatic nitrogens is 1. The average Bonchev–Trinajstić information content (AvgIpc) is 3.25. The van der Waals surface area contributed by atoms with Gasteiger partial charge in [0.05, 0.1) is 25.7 Å². The van der Waals surface area contributed by atoms with Gasteiger partial charge in [-0.05, 0) is 49.2 Å². The number of hydrogen-bond acceptors (Lipinski definition) is 8. The molecule has 1 aliphatic rings. The summed E-state index contributed by atoms with van der Waals surface area (Å²) in [7, 11) is 3.06. The molecule has 0 unspecified atom stereocenters. The van der Waals surface area contributed by atoms with Crippen LogP contribution in [0.5, 0.6) is 5.75 Å². The van der Waals surface area contributed by atoms with Crippen LogP contribution in [0.25, 0.3) is 0 Å². The van der Waals surface area contributed by atoms with Gasteiger partial charge in [0.1, 0.15) is 17.3 Å². The Kier molecular flexibility index (Phi) is 8.03. The largest absolute Gasteiger partial charge is 0.496 e. The molecule has 0 radical (unpaired) electrons. The van der Waals surface area contributed by atoms with E-state index in [1.54, 1.807) is 42.3 Å². The highest BCUT2D eigenvalue weighted by Gasteiger charge is 2.26. The molecule has 1 aromatic heterocycles. The van der Waals surface area contributed by atoms with Crippen molar-refractivity contribution in [3.05, 3.63) is 52.7 Å². The first-order valence-corrected chi connectivity index (χ1v) is 10.9. The van der Waals surface area contributed by atoms with Gasteiger partial charge in [-0.25, -0.2) is 10.8 Å². The summed E-state index contributed by atoms with van der Waals surface area (Å²) in [5.74, 6) is 12.2. The highest BCUT2D eigenvalue weighted by molar-refractivity contribution is 6.06. The van der Waals surface area contributed by atoms with Gasteiger partial charge in [-0.1, -0.05) is 6.07 Å². The number of methoxy groups -OCH3 is 2. The molecule has 0 bridgehead atoms. The van der Waals surface area contributed by atoms with Crippen LogP contribution in [0.1, 0.15) is 47.4 Å². The predicted molar refractivity (Wildman–Crippen MR) is 128 cm³/mol. The lowest BCUT2D eigenvalue weighted by Crippen LogP contribution is -2.44. The molecular formula is C23H31N7O4. The molecule has 0 aliphatic carbocycles. The second-order valence-electron chi connectivity index (χ2n) is 8.13. The van der Waals surface area contributed by atoms with Crippen LogP contribution in [0, 0.1) is 0 Å². The third-order valence-corrected chi connectivity index (χ3v) is 5.50. The number of nitrogens with zero attached hydrogens (tertiary/aromatic N) is 4. The van der Waals surface area contributed by atoms with E-state index in [-0.39, 0.29) is 11.9 Å². The number of amidine groups is 1. The molecule has 0 atom stereocenters. The molecule has 0 saturated carbocycles. The van der Waals surface area contributed by atoms with Crippen molar-refractivity contribution in [2.45, 2.75) is 39.4 Å². The van der Waals surface area contributed by atoms with Crippen LogP contribution in [0.3, 0.4) is 0 Å². The monoisotopic (exact) mass is 469 g/mol. The first kappa shape index (κ1) is 24.9. The smallest absolute Gasteiger partial charge is 0.260 e. The third kappa shape index (κ3) is 5.43. The summed E-state index contributed by atoms with van der Waals surface area (Å²) in [5.41, 5.74) is 2.60. The number of benzene rings is 1. The van der Waals surface area contributed by atoms with Crippen LogP contribution in [0.4, 0.5) is 5.82 Å². The number of hydrogen-bond donors (Lipinski definition) is 3. The summed E-state index contributed by atoms with van der Waals surface area (Å²) in [6.45, 7) is 5.04. The Morgan fingerprint density at radius 1 is 1.24 bits per heavy atom. The summed E-state index contributed by atoms with van der Waals surface area (Å²) in [4.78, 5) is 31.7. The van der Waals surface area contributed by atoms with E-state index >= 15 is 0 Å². The van der Waals surface area contributed by atoms with Gasteiger partial charge in [0.25, 0.3) is 5.91 Å². The molecule has 2 aromatic rings. The molecule has 1 aliphatic heterocycles. The van der Waals surface area contributed by atoms with Crippen LogP contribution in [-0.2, 0) is 22.6 Å². The second-order valence-corrected chi connectivity index (χ2v) is 8.13. The zero-order valence-electron chi connectivity index (χ0n) is 19.9. The van der Waals surface area contributed by atoms with E-state index in [0.29, 0.717) is 54.8 Å². The summed E-state index contributed by atoms with van der Waals surface area (Å²) < 4.78 is 10.5. The summed E-state index contributed by atoms with van der Waals surface area (Å²) >= 11 is 0. The molecule has 0 fully saturated rings. The van der Waals surface area contributed by atoms with Crippen LogP contribution in [-0.4, -0.2) is 59.4 Å². The minimum absolute atomic E-state index is 0.00301. The highest BCUT2D eigenvalue weighted by atomic mass is 16.5. The molecule has 3 rings (SSSR count). The number of amides is 2. The number of nitrogens with two attached hydrogens (primary N) is 2. The number of hydrazone groups is 1. The van der Waals surface area contributed by atoms with Gasteiger partial charge in [-0.2, -0.15) is 5.10 Å². The van der Waals surface area contributed by atoms with Crippen LogP contribution < -0.4 is 21.7 Å². The fourth-order valence-corrected chi connectivity index (χ4v) is 3.62. The first-order chi connectivity index (χ1) is 16.3. The molecule has 0 saturated heterocycles. The molecule has 2 amide bonds. The van der Waals surface area contributed by atoms with Crippen LogP contribution in [0.2, 0.25) is 0 Å². The predicted octanol–water partition coefficient (Wildman–Crippen LogP) is 1.43. The highest BCUT2D eigenvalue weighted by Crippen LogP contribution is 2.31. The minimum Gasteiger partial charge on any atom is -0.496 e. The Bertz CT molecular complexity index is 1090.